The van der Waals surface area contributed by atoms with Gasteiger partial charge in [0, 0.05) is 23.5 Å². The van der Waals surface area contributed by atoms with E-state index >= 15 is 0 Å². The predicted molar refractivity (Wildman–Crippen MR) is 107 cm³/mol. The molecule has 4 unspecified atom stereocenters. The van der Waals surface area contributed by atoms with Gasteiger partial charge in [-0.3, -0.25) is 0 Å². The highest BCUT2D eigenvalue weighted by molar-refractivity contribution is 6.32. The van der Waals surface area contributed by atoms with E-state index in [1.165, 1.54) is 11.3 Å². The molecule has 1 aliphatic heterocycles. The Balaban J connectivity index is 1.57. The summed E-state index contributed by atoms with van der Waals surface area (Å²) in [4.78, 5) is 0. The van der Waals surface area contributed by atoms with Gasteiger partial charge in [0.15, 0.2) is 0 Å². The molecule has 4 rings (SSSR count). The smallest absolute Gasteiger partial charge is 0.229 e. The molecule has 1 aromatic heterocycles. The van der Waals surface area contributed by atoms with Crippen LogP contribution >= 0.6 is 11.6 Å². The average Bonchev–Trinajstić information content (AvgIpc) is 3.15. The Labute approximate surface area is 173 Å². The highest BCUT2D eigenvalue weighted by Crippen LogP contribution is 2.35. The lowest BCUT2D eigenvalue weighted by atomic mass is 9.94. The van der Waals surface area contributed by atoms with E-state index in [0.29, 0.717) is 10.9 Å². The second-order valence-electron chi connectivity index (χ2n) is 7.50. The Kier molecular flexibility index (Phi) is 5.70. The molecule has 0 spiro atoms. The summed E-state index contributed by atoms with van der Waals surface area (Å²) in [7, 11) is 0. The molecule has 1 saturated heterocycles. The van der Waals surface area contributed by atoms with E-state index in [-0.39, 0.29) is 5.75 Å². The fraction of sp³-hybridized carbons (Fsp3) is 0.429. The number of fused-ring (bicyclic) bond motifs is 1. The minimum absolute atomic E-state index is 0.258. The average molecular weight is 422 g/mol. The molecule has 6 atom stereocenters. The van der Waals surface area contributed by atoms with Crippen LogP contribution in [0, 0.1) is 0 Å². The lowest BCUT2D eigenvalue weighted by Crippen LogP contribution is -2.60. The van der Waals surface area contributed by atoms with Crippen LogP contribution in [-0.2, 0) is 4.74 Å². The maximum atomic E-state index is 10.1. The Morgan fingerprint density at radius 1 is 1.17 bits per heavy atom. The molecule has 0 amide bonds. The third kappa shape index (κ3) is 3.70. The Morgan fingerprint density at radius 2 is 1.97 bits per heavy atom. The quantitative estimate of drug-likeness (QED) is 0.600. The summed E-state index contributed by atoms with van der Waals surface area (Å²) in [6, 6.07) is 7.32. The van der Waals surface area contributed by atoms with Gasteiger partial charge in [0.1, 0.15) is 30.2 Å². The van der Waals surface area contributed by atoms with Crippen molar-refractivity contribution in [2.45, 2.75) is 50.0 Å². The van der Waals surface area contributed by atoms with Crippen molar-refractivity contribution >= 4 is 17.7 Å². The fourth-order valence-electron chi connectivity index (χ4n) is 3.88. The largest absolute Gasteiger partial charge is 0.460 e. The first-order valence-corrected chi connectivity index (χ1v) is 9.93. The first kappa shape index (κ1) is 20.4. The van der Waals surface area contributed by atoms with Crippen molar-refractivity contribution in [3.05, 3.63) is 52.8 Å². The summed E-state index contributed by atoms with van der Waals surface area (Å²) >= 11 is 6.42. The van der Waals surface area contributed by atoms with Crippen molar-refractivity contribution in [3.63, 3.8) is 0 Å². The van der Waals surface area contributed by atoms with Gasteiger partial charge in [0.2, 0.25) is 6.29 Å². The topological polar surface area (TPSA) is 104 Å². The van der Waals surface area contributed by atoms with Gasteiger partial charge in [-0.25, -0.2) is 0 Å². The van der Waals surface area contributed by atoms with Gasteiger partial charge in [-0.05, 0) is 36.2 Å². The highest BCUT2D eigenvalue weighted by atomic mass is 35.5. The second-order valence-corrected chi connectivity index (χ2v) is 7.90. The number of aliphatic hydroxyl groups excluding tert-OH is 4. The molecule has 2 aromatic rings. The van der Waals surface area contributed by atoms with Gasteiger partial charge in [-0.2, -0.15) is 0 Å². The molecule has 0 radical (unpaired) electrons. The minimum Gasteiger partial charge on any atom is -0.460 e. The van der Waals surface area contributed by atoms with Crippen LogP contribution in [0.25, 0.3) is 11.8 Å². The van der Waals surface area contributed by atoms with E-state index in [1.807, 2.05) is 12.3 Å². The van der Waals surface area contributed by atoms with Gasteiger partial charge in [-0.15, -0.1) is 0 Å². The molecule has 1 fully saturated rings. The number of rotatable bonds is 4. The van der Waals surface area contributed by atoms with Crippen molar-refractivity contribution < 1.29 is 29.9 Å². The van der Waals surface area contributed by atoms with Gasteiger partial charge in [-0.1, -0.05) is 30.7 Å². The number of allylic oxidation sites excluding steroid dienone is 1. The maximum Gasteiger partial charge on any atom is 0.229 e. The van der Waals surface area contributed by atoms with Crippen molar-refractivity contribution in [3.8, 4) is 11.4 Å². The zero-order valence-corrected chi connectivity index (χ0v) is 16.6. The first-order chi connectivity index (χ1) is 13.9. The van der Waals surface area contributed by atoms with Gasteiger partial charge in [0.25, 0.3) is 0 Å². The van der Waals surface area contributed by atoms with E-state index in [2.05, 4.69) is 29.7 Å². The highest BCUT2D eigenvalue weighted by Gasteiger charge is 2.44. The van der Waals surface area contributed by atoms with E-state index in [4.69, 9.17) is 21.1 Å². The lowest BCUT2D eigenvalue weighted by Gasteiger charge is -2.39. The number of ether oxygens (including phenoxy) is 2. The van der Waals surface area contributed by atoms with E-state index in [1.54, 1.807) is 12.1 Å². The summed E-state index contributed by atoms with van der Waals surface area (Å²) < 4.78 is 13.1. The van der Waals surface area contributed by atoms with Crippen molar-refractivity contribution in [1.82, 2.24) is 4.57 Å². The molecular weight excluding hydrogens is 398 g/mol. The molecule has 29 heavy (non-hydrogen) atoms. The number of benzene rings is 1. The molecule has 0 bridgehead atoms. The molecule has 2 aliphatic rings. The second kappa shape index (κ2) is 8.10. The summed E-state index contributed by atoms with van der Waals surface area (Å²) in [5.74, 6) is 0.641. The molecule has 4 N–H and O–H groups in total. The van der Waals surface area contributed by atoms with Crippen LogP contribution in [0.5, 0.6) is 5.75 Å². The van der Waals surface area contributed by atoms with Crippen LogP contribution in [-0.4, -0.2) is 62.3 Å². The SMILES string of the molecule is CC1CC=Cc2ccn(-c3ccc(O[C@H]4OC(CO)[C@@H](O)C(O)C4O)c(Cl)c3)c21. The zero-order valence-electron chi connectivity index (χ0n) is 15.9. The van der Waals surface area contributed by atoms with Crippen molar-refractivity contribution in [2.75, 3.05) is 6.61 Å². The van der Waals surface area contributed by atoms with Crippen LogP contribution in [0.1, 0.15) is 30.5 Å². The van der Waals surface area contributed by atoms with Gasteiger partial charge < -0.3 is 34.5 Å². The number of aliphatic hydroxyl groups is 4. The summed E-state index contributed by atoms with van der Waals surface area (Å²) in [5, 5.41) is 39.5. The standard InChI is InChI=1S/C21H24ClNO6/c1-11-3-2-4-12-7-8-23(17(11)12)13-5-6-15(14(22)9-13)28-21-20(27)19(26)18(25)16(10-24)29-21/h2,4-9,11,16,18-21,24-27H,3,10H2,1H3/t11?,16?,18-,19?,20?,21+/m1/s1. The third-order valence-electron chi connectivity index (χ3n) is 5.50. The molecule has 8 heteroatoms. The van der Waals surface area contributed by atoms with Crippen LogP contribution in [0.4, 0.5) is 0 Å². The van der Waals surface area contributed by atoms with E-state index < -0.39 is 37.3 Å². The Hall–Kier alpha value is -1.87. The summed E-state index contributed by atoms with van der Waals surface area (Å²) in [5.41, 5.74) is 3.27. The molecule has 7 nitrogen and oxygen atoms in total. The van der Waals surface area contributed by atoms with Crippen LogP contribution in [0.3, 0.4) is 0 Å². The molecule has 1 aliphatic carbocycles. The minimum atomic E-state index is -1.51. The van der Waals surface area contributed by atoms with Crippen LogP contribution in [0.2, 0.25) is 5.02 Å². The lowest BCUT2D eigenvalue weighted by molar-refractivity contribution is -0.277. The van der Waals surface area contributed by atoms with Crippen molar-refractivity contribution in [2.24, 2.45) is 0 Å². The molecular formula is C21H24ClNO6. The maximum absolute atomic E-state index is 10.1. The van der Waals surface area contributed by atoms with E-state index in [0.717, 1.165) is 12.1 Å². The number of halogens is 1. The Morgan fingerprint density at radius 3 is 2.69 bits per heavy atom. The number of nitrogens with zero attached hydrogens (tertiary/aromatic N) is 1. The first-order valence-electron chi connectivity index (χ1n) is 9.55. The third-order valence-corrected chi connectivity index (χ3v) is 5.79. The normalized spacial score (nSPS) is 31.5. The zero-order chi connectivity index (χ0) is 20.7. The Bertz CT molecular complexity index is 911. The molecule has 2 heterocycles. The number of aromatic nitrogens is 1. The molecule has 1 aromatic carbocycles. The summed E-state index contributed by atoms with van der Waals surface area (Å²) in [6.45, 7) is 1.65. The predicted octanol–water partition coefficient (Wildman–Crippen LogP) is 1.83. The monoisotopic (exact) mass is 421 g/mol. The fourth-order valence-corrected chi connectivity index (χ4v) is 4.10. The molecule has 156 valence electrons. The number of hydrogen-bond donors (Lipinski definition) is 4. The number of hydrogen-bond acceptors (Lipinski definition) is 6. The van der Waals surface area contributed by atoms with Gasteiger partial charge in [0.05, 0.1) is 11.6 Å². The van der Waals surface area contributed by atoms with Crippen LogP contribution in [0.15, 0.2) is 36.5 Å². The van der Waals surface area contributed by atoms with Gasteiger partial charge >= 0.3 is 0 Å². The van der Waals surface area contributed by atoms with Crippen molar-refractivity contribution in [1.29, 1.82) is 0 Å². The van der Waals surface area contributed by atoms with E-state index in [9.17, 15) is 20.4 Å². The van der Waals surface area contributed by atoms with Crippen LogP contribution < -0.4 is 4.74 Å². The summed E-state index contributed by atoms with van der Waals surface area (Å²) in [6.07, 6.45) is 0.493. The molecule has 0 saturated carbocycles.